The molecule has 2 atom stereocenters. The zero-order valence-corrected chi connectivity index (χ0v) is 10.6. The molecule has 2 rings (SSSR count). The Morgan fingerprint density at radius 2 is 2.35 bits per heavy atom. The van der Waals surface area contributed by atoms with Crippen LogP contribution in [0.3, 0.4) is 0 Å². The molecule has 1 heterocycles. The monoisotopic (exact) mass is 236 g/mol. The van der Waals surface area contributed by atoms with Crippen molar-refractivity contribution in [2.45, 2.75) is 45.2 Å². The van der Waals surface area contributed by atoms with Gasteiger partial charge < -0.3 is 10.6 Å². The third-order valence-corrected chi connectivity index (χ3v) is 3.47. The second-order valence-electron chi connectivity index (χ2n) is 4.99. The summed E-state index contributed by atoms with van der Waals surface area (Å²) in [5.41, 5.74) is 1.62. The van der Waals surface area contributed by atoms with Gasteiger partial charge in [-0.3, -0.25) is 0 Å². The SMILES string of the molecule is Cc1c(F)cccc1NC(C)CC1CCCN1. The van der Waals surface area contributed by atoms with Gasteiger partial charge in [-0.2, -0.15) is 0 Å². The van der Waals surface area contributed by atoms with Crippen molar-refractivity contribution >= 4 is 5.69 Å². The molecule has 2 nitrogen and oxygen atoms in total. The Bertz CT molecular complexity index is 372. The number of anilines is 1. The van der Waals surface area contributed by atoms with E-state index in [1.165, 1.54) is 18.9 Å². The highest BCUT2D eigenvalue weighted by Gasteiger charge is 2.17. The molecule has 3 heteroatoms. The average Bonchev–Trinajstić information content (AvgIpc) is 2.77. The minimum absolute atomic E-state index is 0.138. The molecule has 2 unspecified atom stereocenters. The lowest BCUT2D eigenvalue weighted by atomic mass is 10.1. The van der Waals surface area contributed by atoms with Crippen molar-refractivity contribution in [3.8, 4) is 0 Å². The summed E-state index contributed by atoms with van der Waals surface area (Å²) in [6.45, 7) is 5.11. The summed E-state index contributed by atoms with van der Waals surface area (Å²) in [6.07, 6.45) is 3.63. The van der Waals surface area contributed by atoms with E-state index in [2.05, 4.69) is 17.6 Å². The molecule has 94 valence electrons. The predicted molar refractivity (Wildman–Crippen MR) is 69.9 cm³/mol. The fraction of sp³-hybridized carbons (Fsp3) is 0.571. The summed E-state index contributed by atoms with van der Waals surface area (Å²) >= 11 is 0. The van der Waals surface area contributed by atoms with Crippen LogP contribution in [0.25, 0.3) is 0 Å². The smallest absolute Gasteiger partial charge is 0.128 e. The van der Waals surface area contributed by atoms with Gasteiger partial charge in [0, 0.05) is 23.3 Å². The van der Waals surface area contributed by atoms with Gasteiger partial charge in [0.15, 0.2) is 0 Å². The maximum atomic E-state index is 13.4. The van der Waals surface area contributed by atoms with Crippen molar-refractivity contribution < 1.29 is 4.39 Å². The molecule has 0 spiro atoms. The van der Waals surface area contributed by atoms with E-state index in [9.17, 15) is 4.39 Å². The van der Waals surface area contributed by atoms with E-state index in [0.717, 1.165) is 18.7 Å². The van der Waals surface area contributed by atoms with Gasteiger partial charge in [0.2, 0.25) is 0 Å². The van der Waals surface area contributed by atoms with E-state index in [1.54, 1.807) is 6.07 Å². The van der Waals surface area contributed by atoms with Gasteiger partial charge >= 0.3 is 0 Å². The molecule has 1 aromatic rings. The predicted octanol–water partition coefficient (Wildman–Crippen LogP) is 3.08. The lowest BCUT2D eigenvalue weighted by Gasteiger charge is -2.20. The topological polar surface area (TPSA) is 24.1 Å². The van der Waals surface area contributed by atoms with Gasteiger partial charge in [0.1, 0.15) is 5.82 Å². The van der Waals surface area contributed by atoms with E-state index < -0.39 is 0 Å². The summed E-state index contributed by atoms with van der Waals surface area (Å²) in [6, 6.07) is 6.18. The summed E-state index contributed by atoms with van der Waals surface area (Å²) in [4.78, 5) is 0. The Morgan fingerprint density at radius 3 is 3.06 bits per heavy atom. The Labute approximate surface area is 103 Å². The molecule has 2 N–H and O–H groups in total. The van der Waals surface area contributed by atoms with Gasteiger partial charge in [-0.1, -0.05) is 6.07 Å². The quantitative estimate of drug-likeness (QED) is 0.839. The fourth-order valence-corrected chi connectivity index (χ4v) is 2.47. The first-order valence-corrected chi connectivity index (χ1v) is 6.42. The molecule has 1 aliphatic rings. The highest BCUT2D eigenvalue weighted by Crippen LogP contribution is 2.20. The largest absolute Gasteiger partial charge is 0.382 e. The van der Waals surface area contributed by atoms with Crippen LogP contribution in [-0.4, -0.2) is 18.6 Å². The second-order valence-corrected chi connectivity index (χ2v) is 4.99. The second kappa shape index (κ2) is 5.50. The Morgan fingerprint density at radius 1 is 1.53 bits per heavy atom. The minimum Gasteiger partial charge on any atom is -0.382 e. The molecule has 17 heavy (non-hydrogen) atoms. The van der Waals surface area contributed by atoms with E-state index >= 15 is 0 Å². The third-order valence-electron chi connectivity index (χ3n) is 3.47. The molecule has 0 radical (unpaired) electrons. The summed E-state index contributed by atoms with van der Waals surface area (Å²) in [5, 5.41) is 6.88. The Balaban J connectivity index is 1.93. The van der Waals surface area contributed by atoms with Gasteiger partial charge in [0.25, 0.3) is 0 Å². The van der Waals surface area contributed by atoms with Crippen molar-refractivity contribution in [2.75, 3.05) is 11.9 Å². The van der Waals surface area contributed by atoms with E-state index in [4.69, 9.17) is 0 Å². The fourth-order valence-electron chi connectivity index (χ4n) is 2.47. The Kier molecular flexibility index (Phi) is 4.00. The molecule has 1 saturated heterocycles. The third kappa shape index (κ3) is 3.19. The van der Waals surface area contributed by atoms with Crippen LogP contribution in [0.5, 0.6) is 0 Å². The first-order chi connectivity index (χ1) is 8.16. The molecule has 0 aromatic heterocycles. The highest BCUT2D eigenvalue weighted by atomic mass is 19.1. The van der Waals surface area contributed by atoms with Crippen LogP contribution in [0.15, 0.2) is 18.2 Å². The summed E-state index contributed by atoms with van der Waals surface area (Å²) in [7, 11) is 0. The molecule has 1 fully saturated rings. The Hall–Kier alpha value is -1.09. The van der Waals surface area contributed by atoms with Crippen LogP contribution in [0.4, 0.5) is 10.1 Å². The number of halogens is 1. The highest BCUT2D eigenvalue weighted by molar-refractivity contribution is 5.51. The van der Waals surface area contributed by atoms with Crippen LogP contribution in [0.2, 0.25) is 0 Å². The van der Waals surface area contributed by atoms with E-state index in [0.29, 0.717) is 17.6 Å². The van der Waals surface area contributed by atoms with Crippen LogP contribution in [0.1, 0.15) is 31.7 Å². The van der Waals surface area contributed by atoms with E-state index in [-0.39, 0.29) is 5.82 Å². The standard InChI is InChI=1S/C14H21FN2/c1-10(9-12-5-4-8-16-12)17-14-7-3-6-13(15)11(14)2/h3,6-7,10,12,16-17H,4-5,8-9H2,1-2H3. The van der Waals surface area contributed by atoms with Crippen LogP contribution in [-0.2, 0) is 0 Å². The number of benzene rings is 1. The van der Waals surface area contributed by atoms with Crippen molar-refractivity contribution in [3.63, 3.8) is 0 Å². The maximum Gasteiger partial charge on any atom is 0.128 e. The van der Waals surface area contributed by atoms with Crippen LogP contribution >= 0.6 is 0 Å². The average molecular weight is 236 g/mol. The zero-order chi connectivity index (χ0) is 12.3. The van der Waals surface area contributed by atoms with Crippen molar-refractivity contribution in [2.24, 2.45) is 0 Å². The summed E-state index contributed by atoms with van der Waals surface area (Å²) < 4.78 is 13.4. The minimum atomic E-state index is -0.138. The molecular formula is C14H21FN2. The normalized spacial score (nSPS) is 21.5. The van der Waals surface area contributed by atoms with Crippen molar-refractivity contribution in [3.05, 3.63) is 29.6 Å². The first kappa shape index (κ1) is 12.4. The molecule has 0 amide bonds. The lowest BCUT2D eigenvalue weighted by Crippen LogP contribution is -2.29. The van der Waals surface area contributed by atoms with Crippen molar-refractivity contribution in [1.82, 2.24) is 5.32 Å². The van der Waals surface area contributed by atoms with E-state index in [1.807, 2.05) is 13.0 Å². The molecule has 0 aliphatic carbocycles. The van der Waals surface area contributed by atoms with Crippen LogP contribution in [0, 0.1) is 12.7 Å². The first-order valence-electron chi connectivity index (χ1n) is 6.42. The lowest BCUT2D eigenvalue weighted by molar-refractivity contribution is 0.523. The molecule has 1 aromatic carbocycles. The molecule has 0 bridgehead atoms. The van der Waals surface area contributed by atoms with Gasteiger partial charge in [-0.25, -0.2) is 4.39 Å². The zero-order valence-electron chi connectivity index (χ0n) is 10.6. The summed E-state index contributed by atoms with van der Waals surface area (Å²) in [5.74, 6) is -0.138. The van der Waals surface area contributed by atoms with Gasteiger partial charge in [0.05, 0.1) is 0 Å². The van der Waals surface area contributed by atoms with Crippen LogP contribution < -0.4 is 10.6 Å². The van der Waals surface area contributed by atoms with Crippen molar-refractivity contribution in [1.29, 1.82) is 0 Å². The molecule has 1 aliphatic heterocycles. The van der Waals surface area contributed by atoms with Gasteiger partial charge in [-0.05, 0) is 51.8 Å². The number of hydrogen-bond donors (Lipinski definition) is 2. The number of nitrogens with one attached hydrogen (secondary N) is 2. The maximum absolute atomic E-state index is 13.4. The number of rotatable bonds is 4. The number of hydrogen-bond acceptors (Lipinski definition) is 2. The van der Waals surface area contributed by atoms with Gasteiger partial charge in [-0.15, -0.1) is 0 Å². The molecule has 0 saturated carbocycles. The molecular weight excluding hydrogens is 215 g/mol.